The number of aliphatic hydroxyl groups is 1. The zero-order valence-corrected chi connectivity index (χ0v) is 11.8. The first-order chi connectivity index (χ1) is 9.79. The van der Waals surface area contributed by atoms with Crippen molar-refractivity contribution < 1.29 is 9.84 Å². The third kappa shape index (κ3) is 2.59. The van der Waals surface area contributed by atoms with Crippen LogP contribution in [0.15, 0.2) is 54.6 Å². The van der Waals surface area contributed by atoms with Crippen molar-refractivity contribution in [3.8, 4) is 0 Å². The van der Waals surface area contributed by atoms with Crippen LogP contribution in [0.3, 0.4) is 0 Å². The lowest BCUT2D eigenvalue weighted by Gasteiger charge is -2.17. The van der Waals surface area contributed by atoms with Gasteiger partial charge in [-0.05, 0) is 23.6 Å². The third-order valence-electron chi connectivity index (χ3n) is 3.91. The molecule has 3 rings (SSSR count). The summed E-state index contributed by atoms with van der Waals surface area (Å²) in [5.74, 6) is 0.138. The molecule has 0 bridgehead atoms. The second kappa shape index (κ2) is 5.96. The summed E-state index contributed by atoms with van der Waals surface area (Å²) in [5.41, 5.74) is 2.21. The summed E-state index contributed by atoms with van der Waals surface area (Å²) >= 11 is 6.28. The Balaban J connectivity index is 1.87. The van der Waals surface area contributed by atoms with Gasteiger partial charge in [0, 0.05) is 10.9 Å². The molecule has 1 heterocycles. The largest absolute Gasteiger partial charge is 0.394 e. The number of rotatable bonds is 3. The number of ether oxygens (including phenoxy) is 1. The molecular formula is C17H17ClO2. The van der Waals surface area contributed by atoms with E-state index in [9.17, 15) is 5.11 Å². The van der Waals surface area contributed by atoms with Gasteiger partial charge in [-0.3, -0.25) is 0 Å². The molecular weight excluding hydrogens is 272 g/mol. The van der Waals surface area contributed by atoms with E-state index < -0.39 is 0 Å². The van der Waals surface area contributed by atoms with E-state index >= 15 is 0 Å². The van der Waals surface area contributed by atoms with E-state index in [0.29, 0.717) is 0 Å². The van der Waals surface area contributed by atoms with Crippen LogP contribution in [0.4, 0.5) is 0 Å². The summed E-state index contributed by atoms with van der Waals surface area (Å²) < 4.78 is 6.01. The molecule has 1 aliphatic heterocycles. The molecule has 2 nitrogen and oxygen atoms in total. The lowest BCUT2D eigenvalue weighted by Crippen LogP contribution is -2.19. The van der Waals surface area contributed by atoms with Gasteiger partial charge in [-0.2, -0.15) is 0 Å². The zero-order chi connectivity index (χ0) is 13.9. The lowest BCUT2D eigenvalue weighted by atomic mass is 9.90. The summed E-state index contributed by atoms with van der Waals surface area (Å²) in [5, 5.41) is 10.3. The van der Waals surface area contributed by atoms with Gasteiger partial charge in [0.05, 0.1) is 18.8 Å². The molecule has 1 fully saturated rings. The SMILES string of the molecule is OC[C@H]1OC(c2ccccc2)CC1c1ccccc1Cl. The lowest BCUT2D eigenvalue weighted by molar-refractivity contribution is 0.00653. The monoisotopic (exact) mass is 288 g/mol. The van der Waals surface area contributed by atoms with Crippen LogP contribution < -0.4 is 0 Å². The van der Waals surface area contributed by atoms with E-state index in [0.717, 1.165) is 22.6 Å². The van der Waals surface area contributed by atoms with Gasteiger partial charge in [0.2, 0.25) is 0 Å². The molecule has 1 aliphatic rings. The summed E-state index contributed by atoms with van der Waals surface area (Å²) in [6.07, 6.45) is 0.675. The standard InChI is InChI=1S/C17H17ClO2/c18-15-9-5-4-8-13(15)14-10-16(20-17(14)11-19)12-6-2-1-3-7-12/h1-9,14,16-17,19H,10-11H2/t14?,16?,17-/m1/s1. The molecule has 20 heavy (non-hydrogen) atoms. The molecule has 1 N–H and O–H groups in total. The predicted octanol–water partition coefficient (Wildman–Crippen LogP) is 3.95. The highest BCUT2D eigenvalue weighted by Crippen LogP contribution is 2.44. The molecule has 0 aliphatic carbocycles. The van der Waals surface area contributed by atoms with Gasteiger partial charge < -0.3 is 9.84 Å². The van der Waals surface area contributed by atoms with Gasteiger partial charge >= 0.3 is 0 Å². The summed E-state index contributed by atoms with van der Waals surface area (Å²) in [4.78, 5) is 0. The Morgan fingerprint density at radius 2 is 1.75 bits per heavy atom. The average Bonchev–Trinajstić information content (AvgIpc) is 2.93. The maximum Gasteiger partial charge on any atom is 0.0884 e. The molecule has 0 radical (unpaired) electrons. The Bertz CT molecular complexity index is 570. The molecule has 0 aromatic heterocycles. The van der Waals surface area contributed by atoms with Crippen molar-refractivity contribution in [1.29, 1.82) is 0 Å². The van der Waals surface area contributed by atoms with Crippen LogP contribution in [0.1, 0.15) is 29.6 Å². The van der Waals surface area contributed by atoms with Crippen LogP contribution in [0, 0.1) is 0 Å². The topological polar surface area (TPSA) is 29.5 Å². The van der Waals surface area contributed by atoms with Crippen molar-refractivity contribution in [3.05, 3.63) is 70.7 Å². The normalized spacial score (nSPS) is 25.8. The smallest absolute Gasteiger partial charge is 0.0884 e. The summed E-state index contributed by atoms with van der Waals surface area (Å²) in [6, 6.07) is 17.9. The molecule has 0 amide bonds. The van der Waals surface area contributed by atoms with Gasteiger partial charge in [0.1, 0.15) is 0 Å². The minimum atomic E-state index is -0.194. The van der Waals surface area contributed by atoms with Gasteiger partial charge in [-0.15, -0.1) is 0 Å². The quantitative estimate of drug-likeness (QED) is 0.927. The Hall–Kier alpha value is -1.35. The van der Waals surface area contributed by atoms with E-state index in [2.05, 4.69) is 12.1 Å². The van der Waals surface area contributed by atoms with E-state index in [1.807, 2.05) is 42.5 Å². The van der Waals surface area contributed by atoms with Gasteiger partial charge in [0.15, 0.2) is 0 Å². The van der Waals surface area contributed by atoms with Crippen molar-refractivity contribution in [2.45, 2.75) is 24.5 Å². The zero-order valence-electron chi connectivity index (χ0n) is 11.1. The van der Waals surface area contributed by atoms with Gasteiger partial charge in [-0.25, -0.2) is 0 Å². The fourth-order valence-electron chi connectivity index (χ4n) is 2.90. The predicted molar refractivity (Wildman–Crippen MR) is 80.0 cm³/mol. The summed E-state index contributed by atoms with van der Waals surface area (Å²) in [6.45, 7) is 0.0131. The molecule has 0 saturated carbocycles. The number of aliphatic hydroxyl groups excluding tert-OH is 1. The highest BCUT2D eigenvalue weighted by atomic mass is 35.5. The average molecular weight is 289 g/mol. The van der Waals surface area contributed by atoms with Crippen molar-refractivity contribution >= 4 is 11.6 Å². The maximum atomic E-state index is 9.59. The van der Waals surface area contributed by atoms with Crippen LogP contribution in [0.2, 0.25) is 5.02 Å². The van der Waals surface area contributed by atoms with Crippen LogP contribution in [-0.2, 0) is 4.74 Å². The number of benzene rings is 2. The van der Waals surface area contributed by atoms with E-state index in [-0.39, 0.29) is 24.7 Å². The molecule has 3 atom stereocenters. The molecule has 2 aromatic rings. The first-order valence-corrected chi connectivity index (χ1v) is 7.23. The van der Waals surface area contributed by atoms with Crippen LogP contribution in [0.25, 0.3) is 0 Å². The summed E-state index contributed by atoms with van der Waals surface area (Å²) in [7, 11) is 0. The van der Waals surface area contributed by atoms with Crippen molar-refractivity contribution in [2.24, 2.45) is 0 Å². The van der Waals surface area contributed by atoms with Crippen LogP contribution >= 0.6 is 11.6 Å². The second-order valence-electron chi connectivity index (χ2n) is 5.12. The minimum Gasteiger partial charge on any atom is -0.394 e. The fraction of sp³-hybridized carbons (Fsp3) is 0.294. The van der Waals surface area contributed by atoms with E-state index in [1.54, 1.807) is 0 Å². The molecule has 2 aromatic carbocycles. The van der Waals surface area contributed by atoms with Crippen molar-refractivity contribution in [2.75, 3.05) is 6.61 Å². The van der Waals surface area contributed by atoms with Gasteiger partial charge in [0.25, 0.3) is 0 Å². The number of halogens is 1. The van der Waals surface area contributed by atoms with Crippen molar-refractivity contribution in [3.63, 3.8) is 0 Å². The first kappa shape index (κ1) is 13.6. The van der Waals surface area contributed by atoms with E-state index in [1.165, 1.54) is 0 Å². The highest BCUT2D eigenvalue weighted by Gasteiger charge is 2.37. The molecule has 3 heteroatoms. The molecule has 104 valence electrons. The Kier molecular flexibility index (Phi) is 4.06. The van der Waals surface area contributed by atoms with Gasteiger partial charge in [-0.1, -0.05) is 60.1 Å². The molecule has 2 unspecified atom stereocenters. The van der Waals surface area contributed by atoms with Crippen LogP contribution in [-0.4, -0.2) is 17.8 Å². The fourth-order valence-corrected chi connectivity index (χ4v) is 3.18. The first-order valence-electron chi connectivity index (χ1n) is 6.85. The maximum absolute atomic E-state index is 9.59. The third-order valence-corrected chi connectivity index (χ3v) is 4.26. The van der Waals surface area contributed by atoms with Crippen molar-refractivity contribution in [1.82, 2.24) is 0 Å². The van der Waals surface area contributed by atoms with Crippen LogP contribution in [0.5, 0.6) is 0 Å². The second-order valence-corrected chi connectivity index (χ2v) is 5.53. The molecule has 0 spiro atoms. The highest BCUT2D eigenvalue weighted by molar-refractivity contribution is 6.31. The minimum absolute atomic E-state index is 0.0131. The Morgan fingerprint density at radius 1 is 1.05 bits per heavy atom. The van der Waals surface area contributed by atoms with E-state index in [4.69, 9.17) is 16.3 Å². The number of hydrogen-bond donors (Lipinski definition) is 1. The molecule has 1 saturated heterocycles. The Morgan fingerprint density at radius 3 is 2.45 bits per heavy atom. The number of hydrogen-bond acceptors (Lipinski definition) is 2. The Labute approximate surface area is 124 Å².